The monoisotopic (exact) mass is 453 g/mol. The number of nitrogens with zero attached hydrogens (tertiary/aromatic N) is 1. The molecular formula is C16H28IN3O2S. The average Bonchev–Trinajstić information content (AvgIpc) is 2.45. The Morgan fingerprint density at radius 1 is 1.26 bits per heavy atom. The molecule has 0 amide bonds. The van der Waals surface area contributed by atoms with Gasteiger partial charge in [0, 0.05) is 25.9 Å². The third kappa shape index (κ3) is 10.5. The highest BCUT2D eigenvalue weighted by atomic mass is 127. The van der Waals surface area contributed by atoms with Crippen molar-refractivity contribution in [3.8, 4) is 0 Å². The van der Waals surface area contributed by atoms with Crippen LogP contribution in [0.4, 0.5) is 0 Å². The van der Waals surface area contributed by atoms with Gasteiger partial charge in [0.25, 0.3) is 0 Å². The van der Waals surface area contributed by atoms with Gasteiger partial charge in [0.1, 0.15) is 9.84 Å². The number of hydrogen-bond donors (Lipinski definition) is 2. The number of sulfone groups is 1. The van der Waals surface area contributed by atoms with Crippen LogP contribution < -0.4 is 10.6 Å². The van der Waals surface area contributed by atoms with Crippen LogP contribution in [0.25, 0.3) is 0 Å². The summed E-state index contributed by atoms with van der Waals surface area (Å²) >= 11 is 0. The van der Waals surface area contributed by atoms with Gasteiger partial charge in [0.05, 0.1) is 5.75 Å². The molecule has 5 nitrogen and oxygen atoms in total. The first-order chi connectivity index (χ1) is 10.3. The molecule has 1 atom stereocenters. The molecule has 1 unspecified atom stereocenters. The summed E-state index contributed by atoms with van der Waals surface area (Å²) in [5.41, 5.74) is 2.53. The highest BCUT2D eigenvalue weighted by Gasteiger charge is 2.09. The maximum atomic E-state index is 11.2. The van der Waals surface area contributed by atoms with E-state index >= 15 is 0 Å². The molecule has 1 aromatic carbocycles. The SMILES string of the molecule is CN=C(NCCc1ccc(C)cc1)NC(C)CCS(C)(=O)=O.I. The molecule has 0 saturated carbocycles. The minimum absolute atomic E-state index is 0. The molecule has 0 saturated heterocycles. The zero-order chi connectivity index (χ0) is 16.6. The van der Waals surface area contributed by atoms with E-state index in [2.05, 4.69) is 46.8 Å². The Morgan fingerprint density at radius 2 is 1.87 bits per heavy atom. The number of halogens is 1. The van der Waals surface area contributed by atoms with E-state index in [1.807, 2.05) is 6.92 Å². The van der Waals surface area contributed by atoms with Crippen molar-refractivity contribution in [3.63, 3.8) is 0 Å². The number of aryl methyl sites for hydroxylation is 1. The van der Waals surface area contributed by atoms with Gasteiger partial charge in [-0.1, -0.05) is 29.8 Å². The zero-order valence-corrected chi connectivity index (χ0v) is 17.4. The molecule has 7 heteroatoms. The lowest BCUT2D eigenvalue weighted by Gasteiger charge is -2.17. The molecule has 132 valence electrons. The Bertz CT molecular complexity index is 586. The van der Waals surface area contributed by atoms with Crippen LogP contribution in [0.15, 0.2) is 29.3 Å². The fraction of sp³-hybridized carbons (Fsp3) is 0.562. The number of benzene rings is 1. The van der Waals surface area contributed by atoms with E-state index in [-0.39, 0.29) is 35.8 Å². The van der Waals surface area contributed by atoms with Gasteiger partial charge in [-0.25, -0.2) is 8.42 Å². The average molecular weight is 453 g/mol. The van der Waals surface area contributed by atoms with Gasteiger partial charge < -0.3 is 10.6 Å². The first kappa shape index (κ1) is 22.2. The van der Waals surface area contributed by atoms with E-state index < -0.39 is 9.84 Å². The van der Waals surface area contributed by atoms with Crippen LogP contribution in [0.5, 0.6) is 0 Å². The molecule has 1 aromatic rings. The van der Waals surface area contributed by atoms with E-state index in [0.717, 1.165) is 13.0 Å². The first-order valence-corrected chi connectivity index (χ1v) is 9.56. The molecule has 0 aliphatic heterocycles. The molecule has 0 spiro atoms. The minimum Gasteiger partial charge on any atom is -0.356 e. The van der Waals surface area contributed by atoms with Crippen molar-refractivity contribution in [1.82, 2.24) is 10.6 Å². The number of hydrogen-bond acceptors (Lipinski definition) is 3. The van der Waals surface area contributed by atoms with E-state index in [9.17, 15) is 8.42 Å². The van der Waals surface area contributed by atoms with E-state index in [0.29, 0.717) is 12.4 Å². The fourth-order valence-corrected chi connectivity index (χ4v) is 2.75. The summed E-state index contributed by atoms with van der Waals surface area (Å²) in [5, 5.41) is 6.46. The van der Waals surface area contributed by atoms with E-state index in [1.54, 1.807) is 7.05 Å². The lowest BCUT2D eigenvalue weighted by molar-refractivity contribution is 0.581. The highest BCUT2D eigenvalue weighted by molar-refractivity contribution is 14.0. The summed E-state index contributed by atoms with van der Waals surface area (Å²) < 4.78 is 22.3. The molecule has 1 rings (SSSR count). The summed E-state index contributed by atoms with van der Waals surface area (Å²) in [7, 11) is -1.21. The molecule has 0 aliphatic carbocycles. The van der Waals surface area contributed by atoms with Crippen LogP contribution in [0.3, 0.4) is 0 Å². The summed E-state index contributed by atoms with van der Waals surface area (Å²) in [5.74, 6) is 0.884. The molecule has 0 aromatic heterocycles. The Balaban J connectivity index is 0.00000484. The van der Waals surface area contributed by atoms with Gasteiger partial charge in [0.15, 0.2) is 5.96 Å². The predicted molar refractivity (Wildman–Crippen MR) is 109 cm³/mol. The predicted octanol–water partition coefficient (Wildman–Crippen LogP) is 2.14. The van der Waals surface area contributed by atoms with Gasteiger partial charge in [-0.15, -0.1) is 24.0 Å². The molecule has 0 heterocycles. The summed E-state index contributed by atoms with van der Waals surface area (Å²) in [6.45, 7) is 4.81. The molecule has 0 radical (unpaired) electrons. The topological polar surface area (TPSA) is 70.6 Å². The third-order valence-electron chi connectivity index (χ3n) is 3.36. The molecule has 2 N–H and O–H groups in total. The lowest BCUT2D eigenvalue weighted by Crippen LogP contribution is -2.43. The lowest BCUT2D eigenvalue weighted by atomic mass is 10.1. The van der Waals surface area contributed by atoms with Crippen LogP contribution in [0, 0.1) is 6.92 Å². The van der Waals surface area contributed by atoms with Crippen molar-refractivity contribution in [2.24, 2.45) is 4.99 Å². The van der Waals surface area contributed by atoms with Crippen LogP contribution in [0.1, 0.15) is 24.5 Å². The molecule has 0 aliphatic rings. The first-order valence-electron chi connectivity index (χ1n) is 7.50. The smallest absolute Gasteiger partial charge is 0.191 e. The van der Waals surface area contributed by atoms with Crippen molar-refractivity contribution in [3.05, 3.63) is 35.4 Å². The van der Waals surface area contributed by atoms with Crippen molar-refractivity contribution in [2.75, 3.05) is 25.6 Å². The third-order valence-corrected chi connectivity index (χ3v) is 4.33. The Morgan fingerprint density at radius 3 is 2.39 bits per heavy atom. The number of guanidine groups is 1. The quantitative estimate of drug-likeness (QED) is 0.377. The highest BCUT2D eigenvalue weighted by Crippen LogP contribution is 2.03. The Hall–Kier alpha value is -0.830. The van der Waals surface area contributed by atoms with Crippen molar-refractivity contribution < 1.29 is 8.42 Å². The van der Waals surface area contributed by atoms with Crippen LogP contribution in [-0.4, -0.2) is 46.0 Å². The van der Waals surface area contributed by atoms with Gasteiger partial charge >= 0.3 is 0 Å². The summed E-state index contributed by atoms with van der Waals surface area (Å²) in [6.07, 6.45) is 2.74. The second-order valence-electron chi connectivity index (χ2n) is 5.70. The van der Waals surface area contributed by atoms with E-state index in [4.69, 9.17) is 0 Å². The number of nitrogens with one attached hydrogen (secondary N) is 2. The minimum atomic E-state index is -2.92. The molecular weight excluding hydrogens is 425 g/mol. The van der Waals surface area contributed by atoms with Crippen molar-refractivity contribution >= 4 is 39.8 Å². The fourth-order valence-electron chi connectivity index (χ4n) is 1.97. The number of aliphatic imine (C=N–C) groups is 1. The van der Waals surface area contributed by atoms with Gasteiger partial charge in [0.2, 0.25) is 0 Å². The molecule has 0 fully saturated rings. The normalized spacial score (nSPS) is 13.1. The zero-order valence-electron chi connectivity index (χ0n) is 14.3. The van der Waals surface area contributed by atoms with E-state index in [1.165, 1.54) is 17.4 Å². The maximum Gasteiger partial charge on any atom is 0.191 e. The van der Waals surface area contributed by atoms with Crippen LogP contribution in [0.2, 0.25) is 0 Å². The standard InChI is InChI=1S/C16H27N3O2S.HI/c1-13-5-7-15(8-6-13)9-11-18-16(17-3)19-14(2)10-12-22(4,20)21;/h5-8,14H,9-12H2,1-4H3,(H2,17,18,19);1H. The van der Waals surface area contributed by atoms with Crippen molar-refractivity contribution in [2.45, 2.75) is 32.7 Å². The van der Waals surface area contributed by atoms with Gasteiger partial charge in [-0.2, -0.15) is 0 Å². The van der Waals surface area contributed by atoms with Gasteiger partial charge in [-0.05, 0) is 32.3 Å². The maximum absolute atomic E-state index is 11.2. The largest absolute Gasteiger partial charge is 0.356 e. The van der Waals surface area contributed by atoms with Gasteiger partial charge in [-0.3, -0.25) is 4.99 Å². The van der Waals surface area contributed by atoms with Crippen molar-refractivity contribution in [1.29, 1.82) is 0 Å². The molecule has 23 heavy (non-hydrogen) atoms. The summed E-state index contributed by atoms with van der Waals surface area (Å²) in [6, 6.07) is 8.52. The van der Waals surface area contributed by atoms with Crippen LogP contribution in [-0.2, 0) is 16.3 Å². The second-order valence-corrected chi connectivity index (χ2v) is 7.96. The second kappa shape index (κ2) is 10.9. The number of rotatable bonds is 7. The molecule has 0 bridgehead atoms. The van der Waals surface area contributed by atoms with Crippen LogP contribution >= 0.6 is 24.0 Å². The summed E-state index contributed by atoms with van der Waals surface area (Å²) in [4.78, 5) is 4.16. The Labute approximate surface area is 157 Å². The Kier molecular flexibility index (Phi) is 10.5.